The summed E-state index contributed by atoms with van der Waals surface area (Å²) in [5.74, 6) is -0.608. The number of aromatic nitrogens is 1. The number of hydrogen-bond acceptors (Lipinski definition) is 4. The molecule has 1 heterocycles. The van der Waals surface area contributed by atoms with Crippen LogP contribution in [0.25, 0.3) is 0 Å². The fraction of sp³-hybridized carbons (Fsp3) is 0.200. The van der Waals surface area contributed by atoms with Gasteiger partial charge in [-0.15, -0.1) is 0 Å². The number of nitriles is 1. The first-order valence-corrected chi connectivity index (χ1v) is 7.24. The molecule has 0 saturated heterocycles. The van der Waals surface area contributed by atoms with Gasteiger partial charge in [-0.1, -0.05) is 12.1 Å². The minimum absolute atomic E-state index is 0.105. The summed E-state index contributed by atoms with van der Waals surface area (Å²) >= 11 is 0.715. The molecule has 0 aliphatic rings. The van der Waals surface area contributed by atoms with E-state index in [1.807, 2.05) is 6.07 Å². The summed E-state index contributed by atoms with van der Waals surface area (Å²) < 4.78 is 54.7. The number of rotatable bonds is 4. The molecule has 1 aromatic heterocycles. The predicted molar refractivity (Wildman–Crippen MR) is 77.9 cm³/mol. The Kier molecular flexibility index (Phi) is 5.23. The van der Waals surface area contributed by atoms with E-state index in [1.54, 1.807) is 6.92 Å². The topological polar surface area (TPSA) is 48.7 Å². The van der Waals surface area contributed by atoms with E-state index >= 15 is 0 Å². The van der Waals surface area contributed by atoms with Crippen molar-refractivity contribution in [2.75, 3.05) is 0 Å². The lowest BCUT2D eigenvalue weighted by Gasteiger charge is -2.21. The molecule has 1 N–H and O–H groups in total. The van der Waals surface area contributed by atoms with Crippen LogP contribution in [0.2, 0.25) is 0 Å². The molecule has 0 radical (unpaired) electrons. The Morgan fingerprint density at radius 2 is 1.91 bits per heavy atom. The third kappa shape index (κ3) is 4.43. The van der Waals surface area contributed by atoms with E-state index in [0.717, 1.165) is 24.3 Å². The van der Waals surface area contributed by atoms with Crippen LogP contribution in [0, 0.1) is 24.1 Å². The van der Waals surface area contributed by atoms with Gasteiger partial charge >= 0.3 is 6.18 Å². The van der Waals surface area contributed by atoms with Crippen molar-refractivity contribution < 1.29 is 17.6 Å². The maximum Gasteiger partial charge on any atom is 0.408 e. The molecule has 8 heteroatoms. The smallest absolute Gasteiger partial charge is 0.259 e. The van der Waals surface area contributed by atoms with Crippen molar-refractivity contribution in [3.05, 3.63) is 59.2 Å². The third-order valence-electron chi connectivity index (χ3n) is 3.01. The highest BCUT2D eigenvalue weighted by Gasteiger charge is 2.40. The molecule has 0 spiro atoms. The van der Waals surface area contributed by atoms with Crippen LogP contribution in [-0.4, -0.2) is 11.2 Å². The van der Waals surface area contributed by atoms with E-state index in [-0.39, 0.29) is 5.56 Å². The highest BCUT2D eigenvalue weighted by molar-refractivity contribution is 7.97. The highest BCUT2D eigenvalue weighted by Crippen LogP contribution is 2.35. The largest absolute Gasteiger partial charge is 0.408 e. The van der Waals surface area contributed by atoms with Crippen LogP contribution < -0.4 is 4.72 Å². The zero-order valence-electron chi connectivity index (χ0n) is 11.9. The Hall–Kier alpha value is -2.11. The highest BCUT2D eigenvalue weighted by atomic mass is 32.2. The van der Waals surface area contributed by atoms with Gasteiger partial charge in [-0.25, -0.2) is 9.11 Å². The molecule has 120 valence electrons. The van der Waals surface area contributed by atoms with E-state index in [1.165, 1.54) is 12.3 Å². The number of nitrogens with one attached hydrogen (secondary N) is 1. The van der Waals surface area contributed by atoms with Gasteiger partial charge in [0.25, 0.3) is 0 Å². The number of benzene rings is 1. The monoisotopic (exact) mass is 341 g/mol. The maximum absolute atomic E-state index is 13.2. The van der Waals surface area contributed by atoms with Gasteiger partial charge in [-0.2, -0.15) is 18.4 Å². The number of nitrogens with zero attached hydrogens (tertiary/aromatic N) is 2. The molecule has 1 atom stereocenters. The van der Waals surface area contributed by atoms with Crippen LogP contribution in [0.4, 0.5) is 17.6 Å². The molecular formula is C15H11F4N3S. The van der Waals surface area contributed by atoms with Crippen molar-refractivity contribution in [3.63, 3.8) is 0 Å². The number of pyridine rings is 1. The van der Waals surface area contributed by atoms with Gasteiger partial charge in [-0.05, 0) is 42.6 Å². The van der Waals surface area contributed by atoms with Crippen molar-refractivity contribution in [1.29, 1.82) is 5.26 Å². The van der Waals surface area contributed by atoms with Crippen LogP contribution in [0.5, 0.6) is 0 Å². The van der Waals surface area contributed by atoms with Crippen LogP contribution in [-0.2, 0) is 0 Å². The first-order chi connectivity index (χ1) is 10.8. The maximum atomic E-state index is 13.2. The lowest BCUT2D eigenvalue weighted by atomic mass is 10.1. The normalized spacial score (nSPS) is 12.7. The Balaban J connectivity index is 2.20. The molecule has 3 nitrogen and oxygen atoms in total. The Morgan fingerprint density at radius 3 is 2.48 bits per heavy atom. The van der Waals surface area contributed by atoms with E-state index < -0.39 is 18.0 Å². The number of hydrogen-bond donors (Lipinski definition) is 1. The lowest BCUT2D eigenvalue weighted by Crippen LogP contribution is -2.30. The van der Waals surface area contributed by atoms with Gasteiger partial charge < -0.3 is 0 Å². The Bertz CT molecular complexity index is 723. The molecule has 0 fully saturated rings. The summed E-state index contributed by atoms with van der Waals surface area (Å²) in [5.41, 5.74) is 0.692. The van der Waals surface area contributed by atoms with Crippen LogP contribution in [0.3, 0.4) is 0 Å². The molecule has 0 bridgehead atoms. The first kappa shape index (κ1) is 17.2. The van der Waals surface area contributed by atoms with Gasteiger partial charge in [0.1, 0.15) is 17.9 Å². The fourth-order valence-corrected chi connectivity index (χ4v) is 2.59. The van der Waals surface area contributed by atoms with E-state index in [4.69, 9.17) is 5.26 Å². The average molecular weight is 341 g/mol. The molecule has 23 heavy (non-hydrogen) atoms. The standard InChI is InChI=1S/C15H11F4N3S/c1-9-11(7-20)6-13(8-21-9)23-22-14(15(17,18)19)10-2-4-12(16)5-3-10/h2-6,8,14,22H,1H3. The molecule has 1 aromatic carbocycles. The zero-order chi connectivity index (χ0) is 17.0. The fourth-order valence-electron chi connectivity index (χ4n) is 1.79. The first-order valence-electron chi connectivity index (χ1n) is 6.42. The quantitative estimate of drug-likeness (QED) is 0.665. The predicted octanol–water partition coefficient (Wildman–Crippen LogP) is 4.30. The van der Waals surface area contributed by atoms with Gasteiger partial charge in [0.2, 0.25) is 0 Å². The lowest BCUT2D eigenvalue weighted by molar-refractivity contribution is -0.152. The summed E-state index contributed by atoms with van der Waals surface area (Å²) in [6.07, 6.45) is -3.17. The molecule has 0 saturated carbocycles. The summed E-state index contributed by atoms with van der Waals surface area (Å²) in [5, 5.41) is 8.92. The molecule has 0 amide bonds. The van der Waals surface area contributed by atoms with Gasteiger partial charge in [0.05, 0.1) is 11.3 Å². The number of aryl methyl sites for hydroxylation is 1. The van der Waals surface area contributed by atoms with Gasteiger partial charge in [-0.3, -0.25) is 4.98 Å². The van der Waals surface area contributed by atoms with Crippen molar-refractivity contribution in [2.45, 2.75) is 24.0 Å². The molecule has 0 aliphatic carbocycles. The average Bonchev–Trinajstić information content (AvgIpc) is 2.49. The van der Waals surface area contributed by atoms with Crippen LogP contribution in [0.15, 0.2) is 41.4 Å². The SMILES string of the molecule is Cc1ncc(SNC(c2ccc(F)cc2)C(F)(F)F)cc1C#N. The second kappa shape index (κ2) is 6.98. The van der Waals surface area contributed by atoms with E-state index in [9.17, 15) is 17.6 Å². The van der Waals surface area contributed by atoms with Crippen molar-refractivity contribution in [3.8, 4) is 6.07 Å². The van der Waals surface area contributed by atoms with Gasteiger partial charge in [0.15, 0.2) is 0 Å². The molecule has 1 unspecified atom stereocenters. The van der Waals surface area contributed by atoms with Crippen molar-refractivity contribution >= 4 is 11.9 Å². The second-order valence-corrected chi connectivity index (χ2v) is 5.57. The van der Waals surface area contributed by atoms with Crippen molar-refractivity contribution in [1.82, 2.24) is 9.71 Å². The summed E-state index contributed by atoms with van der Waals surface area (Å²) in [6, 6.07) is 5.51. The summed E-state index contributed by atoms with van der Waals surface area (Å²) in [6.45, 7) is 1.64. The zero-order valence-corrected chi connectivity index (χ0v) is 12.7. The number of halogens is 4. The van der Waals surface area contributed by atoms with Crippen LogP contribution in [0.1, 0.15) is 22.9 Å². The van der Waals surface area contributed by atoms with Gasteiger partial charge in [0, 0.05) is 11.1 Å². The minimum Gasteiger partial charge on any atom is -0.259 e. The van der Waals surface area contributed by atoms with E-state index in [2.05, 4.69) is 9.71 Å². The summed E-state index contributed by atoms with van der Waals surface area (Å²) in [4.78, 5) is 4.34. The minimum atomic E-state index is -4.55. The molecule has 2 rings (SSSR count). The summed E-state index contributed by atoms with van der Waals surface area (Å²) in [7, 11) is 0. The molecule has 0 aliphatic heterocycles. The third-order valence-corrected chi connectivity index (χ3v) is 3.82. The Morgan fingerprint density at radius 1 is 1.26 bits per heavy atom. The van der Waals surface area contributed by atoms with Crippen molar-refractivity contribution in [2.24, 2.45) is 0 Å². The Labute approximate surface area is 134 Å². The second-order valence-electron chi connectivity index (χ2n) is 4.66. The van der Waals surface area contributed by atoms with E-state index in [0.29, 0.717) is 28.1 Å². The molecule has 2 aromatic rings. The molecular weight excluding hydrogens is 330 g/mol. The van der Waals surface area contributed by atoms with Crippen LogP contribution >= 0.6 is 11.9 Å². The number of alkyl halides is 3.